The number of methoxy groups -OCH3 is 1. The summed E-state index contributed by atoms with van der Waals surface area (Å²) in [5, 5.41) is 5.79. The van der Waals surface area contributed by atoms with E-state index in [-0.39, 0.29) is 12.1 Å². The number of hydrogen-bond acceptors (Lipinski definition) is 4. The van der Waals surface area contributed by atoms with Crippen molar-refractivity contribution in [3.05, 3.63) is 71.8 Å². The number of aryl methyl sites for hydroxylation is 1. The van der Waals surface area contributed by atoms with E-state index >= 15 is 0 Å². The zero-order chi connectivity index (χ0) is 24.7. The van der Waals surface area contributed by atoms with Gasteiger partial charge < -0.3 is 25.8 Å². The van der Waals surface area contributed by atoms with Gasteiger partial charge >= 0.3 is 6.03 Å². The third-order valence-corrected chi connectivity index (χ3v) is 5.65. The molecule has 0 saturated carbocycles. The number of rotatable bonds is 9. The number of anilines is 1. The van der Waals surface area contributed by atoms with Gasteiger partial charge in [-0.25, -0.2) is 4.79 Å². The average molecular weight is 462 g/mol. The summed E-state index contributed by atoms with van der Waals surface area (Å²) in [5.74, 6) is 1.15. The van der Waals surface area contributed by atoms with Crippen LogP contribution in [0.5, 0.6) is 17.2 Å². The highest BCUT2D eigenvalue weighted by atomic mass is 16.5. The highest BCUT2D eigenvalue weighted by Crippen LogP contribution is 2.39. The molecule has 3 aromatic carbocycles. The van der Waals surface area contributed by atoms with Crippen molar-refractivity contribution in [3.8, 4) is 28.4 Å². The number of carbonyl (C=O) groups is 2. The predicted octanol–water partition coefficient (Wildman–Crippen LogP) is 5.87. The van der Waals surface area contributed by atoms with Gasteiger partial charge in [0, 0.05) is 28.9 Å². The molecule has 0 radical (unpaired) electrons. The number of hydrogen-bond donors (Lipinski definition) is 3. The van der Waals surface area contributed by atoms with Gasteiger partial charge in [0.1, 0.15) is 5.75 Å². The molecule has 0 spiro atoms. The van der Waals surface area contributed by atoms with E-state index in [9.17, 15) is 9.59 Å². The van der Waals surface area contributed by atoms with E-state index in [4.69, 9.17) is 15.2 Å². The number of urea groups is 1. The van der Waals surface area contributed by atoms with Crippen molar-refractivity contribution < 1.29 is 19.1 Å². The van der Waals surface area contributed by atoms with Gasteiger partial charge in [-0.3, -0.25) is 4.79 Å². The Hall–Kier alpha value is -4.00. The summed E-state index contributed by atoms with van der Waals surface area (Å²) in [6, 6.07) is 18.1. The van der Waals surface area contributed by atoms with Crippen LogP contribution < -0.4 is 25.8 Å². The molecule has 0 aliphatic carbocycles. The number of ether oxygens (including phenoxy) is 2. The minimum Gasteiger partial charge on any atom is -0.493 e. The predicted molar refractivity (Wildman–Crippen MR) is 135 cm³/mol. The molecule has 0 aromatic heterocycles. The van der Waals surface area contributed by atoms with Crippen molar-refractivity contribution in [1.82, 2.24) is 5.32 Å². The fourth-order valence-electron chi connectivity index (χ4n) is 3.69. The maximum Gasteiger partial charge on any atom is 0.319 e. The molecular formula is C27H31N3O4. The molecule has 0 aliphatic rings. The lowest BCUT2D eigenvalue weighted by molar-refractivity contribution is 0.1000. The van der Waals surface area contributed by atoms with E-state index in [2.05, 4.69) is 10.6 Å². The monoisotopic (exact) mass is 461 g/mol. The number of para-hydroxylation sites is 1. The lowest BCUT2D eigenvalue weighted by Crippen LogP contribution is -2.37. The van der Waals surface area contributed by atoms with Gasteiger partial charge in [-0.05, 0) is 61.2 Å². The summed E-state index contributed by atoms with van der Waals surface area (Å²) in [6.45, 7) is 6.00. The van der Waals surface area contributed by atoms with Gasteiger partial charge in [0.05, 0.1) is 7.11 Å². The first-order valence-corrected chi connectivity index (χ1v) is 11.3. The topological polar surface area (TPSA) is 103 Å². The highest BCUT2D eigenvalue weighted by molar-refractivity contribution is 5.94. The number of primary amides is 1. The summed E-state index contributed by atoms with van der Waals surface area (Å²) in [6.07, 6.45) is 1.73. The van der Waals surface area contributed by atoms with Crippen LogP contribution in [0.25, 0.3) is 11.1 Å². The summed E-state index contributed by atoms with van der Waals surface area (Å²) < 4.78 is 11.8. The van der Waals surface area contributed by atoms with Gasteiger partial charge in [-0.2, -0.15) is 0 Å². The van der Waals surface area contributed by atoms with E-state index in [0.717, 1.165) is 29.5 Å². The van der Waals surface area contributed by atoms with Gasteiger partial charge in [-0.1, -0.05) is 38.1 Å². The first-order valence-electron chi connectivity index (χ1n) is 11.3. The van der Waals surface area contributed by atoms with Crippen LogP contribution in [0.2, 0.25) is 0 Å². The third-order valence-electron chi connectivity index (χ3n) is 5.65. The maximum absolute atomic E-state index is 12.3. The molecule has 0 aliphatic heterocycles. The quantitative estimate of drug-likeness (QED) is 0.371. The molecular weight excluding hydrogens is 430 g/mol. The molecule has 7 heteroatoms. The molecule has 7 nitrogen and oxygen atoms in total. The normalized spacial score (nSPS) is 10.6. The first kappa shape index (κ1) is 24.6. The van der Waals surface area contributed by atoms with Crippen LogP contribution in [0.3, 0.4) is 0 Å². The zero-order valence-corrected chi connectivity index (χ0v) is 20.0. The largest absolute Gasteiger partial charge is 0.493 e. The summed E-state index contributed by atoms with van der Waals surface area (Å²) in [4.78, 5) is 23.8. The van der Waals surface area contributed by atoms with Crippen molar-refractivity contribution in [2.75, 3.05) is 12.4 Å². The molecule has 0 fully saturated rings. The highest BCUT2D eigenvalue weighted by Gasteiger charge is 2.15. The molecule has 0 atom stereocenters. The van der Waals surface area contributed by atoms with Crippen molar-refractivity contribution >= 4 is 17.6 Å². The van der Waals surface area contributed by atoms with Gasteiger partial charge in [0.2, 0.25) is 5.91 Å². The second kappa shape index (κ2) is 11.2. The molecule has 0 saturated heterocycles. The van der Waals surface area contributed by atoms with E-state index in [1.165, 1.54) is 0 Å². The van der Waals surface area contributed by atoms with Crippen LogP contribution in [0.15, 0.2) is 60.7 Å². The Morgan fingerprint density at radius 2 is 1.65 bits per heavy atom. The van der Waals surface area contributed by atoms with E-state index in [1.807, 2.05) is 51.1 Å². The fraction of sp³-hybridized carbons (Fsp3) is 0.259. The lowest BCUT2D eigenvalue weighted by Gasteiger charge is -2.17. The summed E-state index contributed by atoms with van der Waals surface area (Å²) in [7, 11) is 1.55. The van der Waals surface area contributed by atoms with Gasteiger partial charge in [-0.15, -0.1) is 0 Å². The van der Waals surface area contributed by atoms with Crippen LogP contribution in [0.4, 0.5) is 10.5 Å². The van der Waals surface area contributed by atoms with Crippen LogP contribution in [0, 0.1) is 6.92 Å². The summed E-state index contributed by atoms with van der Waals surface area (Å²) in [5.41, 5.74) is 9.16. The number of nitrogens with two attached hydrogens (primary N) is 1. The first-order chi connectivity index (χ1) is 16.4. The Bertz CT molecular complexity index is 1170. The second-order valence-electron chi connectivity index (χ2n) is 7.97. The SMILES string of the molecule is CCC(CC)NC(=O)Nc1ccc(Oc2ccccc2-c2ccc(C(N)=O)cc2C)c(OC)c1. The Morgan fingerprint density at radius 1 is 0.912 bits per heavy atom. The van der Waals surface area contributed by atoms with E-state index in [0.29, 0.717) is 28.5 Å². The van der Waals surface area contributed by atoms with Gasteiger partial charge in [0.25, 0.3) is 0 Å². The van der Waals surface area contributed by atoms with Crippen molar-refractivity contribution in [2.24, 2.45) is 5.73 Å². The molecule has 3 aromatic rings. The average Bonchev–Trinajstić information content (AvgIpc) is 2.83. The molecule has 3 rings (SSSR count). The number of carbonyl (C=O) groups excluding carboxylic acids is 2. The number of amides is 3. The molecule has 0 bridgehead atoms. The second-order valence-corrected chi connectivity index (χ2v) is 7.97. The Kier molecular flexibility index (Phi) is 8.14. The molecule has 34 heavy (non-hydrogen) atoms. The summed E-state index contributed by atoms with van der Waals surface area (Å²) >= 11 is 0. The Balaban J connectivity index is 1.85. The molecule has 178 valence electrons. The van der Waals surface area contributed by atoms with Crippen molar-refractivity contribution in [2.45, 2.75) is 39.7 Å². The molecule has 0 unspecified atom stereocenters. The fourth-order valence-corrected chi connectivity index (χ4v) is 3.69. The standard InChI is InChI=1S/C27H31N3O4/c1-5-19(6-2)29-27(32)30-20-12-14-24(25(16-20)33-4)34-23-10-8-7-9-22(23)21-13-11-18(26(28)31)15-17(21)3/h7-16,19H,5-6H2,1-4H3,(H2,28,31)(H2,29,30,32). The van der Waals surface area contributed by atoms with Crippen molar-refractivity contribution in [3.63, 3.8) is 0 Å². The van der Waals surface area contributed by atoms with Crippen LogP contribution in [-0.2, 0) is 0 Å². The number of nitrogens with one attached hydrogen (secondary N) is 2. The minimum absolute atomic E-state index is 0.126. The van der Waals surface area contributed by atoms with Gasteiger partial charge in [0.15, 0.2) is 11.5 Å². The number of benzene rings is 3. The van der Waals surface area contributed by atoms with Crippen LogP contribution in [-0.4, -0.2) is 25.1 Å². The maximum atomic E-state index is 12.3. The Labute approximate surface area is 200 Å². The minimum atomic E-state index is -0.466. The smallest absolute Gasteiger partial charge is 0.319 e. The molecule has 4 N–H and O–H groups in total. The van der Waals surface area contributed by atoms with E-state index < -0.39 is 5.91 Å². The Morgan fingerprint density at radius 3 is 2.29 bits per heavy atom. The van der Waals surface area contributed by atoms with Crippen LogP contribution >= 0.6 is 0 Å². The van der Waals surface area contributed by atoms with E-state index in [1.54, 1.807) is 37.4 Å². The molecule has 3 amide bonds. The molecule has 0 heterocycles. The zero-order valence-electron chi connectivity index (χ0n) is 20.0. The third kappa shape index (κ3) is 5.86. The van der Waals surface area contributed by atoms with Crippen LogP contribution in [0.1, 0.15) is 42.6 Å². The van der Waals surface area contributed by atoms with Crippen molar-refractivity contribution in [1.29, 1.82) is 0 Å². The lowest BCUT2D eigenvalue weighted by atomic mass is 9.97.